The van der Waals surface area contributed by atoms with Crippen molar-refractivity contribution < 1.29 is 14.2 Å². The third-order valence-electron chi connectivity index (χ3n) is 2.28. The van der Waals surface area contributed by atoms with Gasteiger partial charge in [-0.2, -0.15) is 0 Å². The first-order valence-corrected chi connectivity index (χ1v) is 5.75. The summed E-state index contributed by atoms with van der Waals surface area (Å²) in [5.41, 5.74) is 0.916. The van der Waals surface area contributed by atoms with E-state index in [2.05, 4.69) is 5.32 Å². The molecule has 4 heteroatoms. The second-order valence-corrected chi connectivity index (χ2v) is 3.91. The maximum Gasteiger partial charge on any atom is 0.142 e. The summed E-state index contributed by atoms with van der Waals surface area (Å²) >= 11 is 0. The van der Waals surface area contributed by atoms with Crippen molar-refractivity contribution in [1.82, 2.24) is 0 Å². The molecular formula is C13H21NO3. The van der Waals surface area contributed by atoms with E-state index in [1.54, 1.807) is 14.2 Å². The van der Waals surface area contributed by atoms with E-state index < -0.39 is 0 Å². The third kappa shape index (κ3) is 4.53. The molecule has 96 valence electrons. The van der Waals surface area contributed by atoms with Crippen molar-refractivity contribution >= 4 is 5.69 Å². The van der Waals surface area contributed by atoms with E-state index in [9.17, 15) is 0 Å². The van der Waals surface area contributed by atoms with Gasteiger partial charge in [-0.25, -0.2) is 0 Å². The number of nitrogens with one attached hydrogen (secondary N) is 1. The van der Waals surface area contributed by atoms with Gasteiger partial charge in [-0.1, -0.05) is 0 Å². The summed E-state index contributed by atoms with van der Waals surface area (Å²) in [6, 6.07) is 5.66. The summed E-state index contributed by atoms with van der Waals surface area (Å²) in [6.45, 7) is 5.44. The first kappa shape index (κ1) is 13.6. The first-order valence-electron chi connectivity index (χ1n) is 5.75. The van der Waals surface area contributed by atoms with Crippen LogP contribution in [0.3, 0.4) is 0 Å². The van der Waals surface area contributed by atoms with Crippen molar-refractivity contribution in [3.05, 3.63) is 18.2 Å². The van der Waals surface area contributed by atoms with Crippen molar-refractivity contribution in [2.24, 2.45) is 0 Å². The summed E-state index contributed by atoms with van der Waals surface area (Å²) in [6.07, 6.45) is 0.254. The van der Waals surface area contributed by atoms with E-state index >= 15 is 0 Å². The molecule has 0 spiro atoms. The van der Waals surface area contributed by atoms with Crippen LogP contribution in [0, 0.1) is 0 Å². The van der Waals surface area contributed by atoms with Crippen LogP contribution in [0.5, 0.6) is 11.5 Å². The van der Waals surface area contributed by atoms with Crippen molar-refractivity contribution in [3.8, 4) is 11.5 Å². The van der Waals surface area contributed by atoms with Crippen molar-refractivity contribution in [2.45, 2.75) is 20.0 Å². The molecule has 0 aromatic heterocycles. The second kappa shape index (κ2) is 7.01. The van der Waals surface area contributed by atoms with Crippen molar-refractivity contribution in [3.63, 3.8) is 0 Å². The standard InChI is InChI=1S/C13H21NO3/c1-10(2)17-8-7-14-12-9-11(15-3)5-6-13(12)16-4/h5-6,9-10,14H,7-8H2,1-4H3. The molecular weight excluding hydrogens is 218 g/mol. The van der Waals surface area contributed by atoms with Gasteiger partial charge in [0, 0.05) is 12.6 Å². The minimum absolute atomic E-state index is 0.254. The molecule has 1 aromatic rings. The minimum Gasteiger partial charge on any atom is -0.497 e. The van der Waals surface area contributed by atoms with E-state index in [4.69, 9.17) is 14.2 Å². The fourth-order valence-corrected chi connectivity index (χ4v) is 1.43. The van der Waals surface area contributed by atoms with Crippen LogP contribution in [0.15, 0.2) is 18.2 Å². The third-order valence-corrected chi connectivity index (χ3v) is 2.28. The average Bonchev–Trinajstić information content (AvgIpc) is 2.34. The highest BCUT2D eigenvalue weighted by atomic mass is 16.5. The molecule has 17 heavy (non-hydrogen) atoms. The summed E-state index contributed by atoms with van der Waals surface area (Å²) in [5, 5.41) is 3.26. The molecule has 0 radical (unpaired) electrons. The molecule has 0 aliphatic carbocycles. The van der Waals surface area contributed by atoms with Crippen LogP contribution in [0.4, 0.5) is 5.69 Å². The van der Waals surface area contributed by atoms with Gasteiger partial charge in [0.1, 0.15) is 11.5 Å². The van der Waals surface area contributed by atoms with Crippen molar-refractivity contribution in [2.75, 3.05) is 32.7 Å². The zero-order chi connectivity index (χ0) is 12.7. The van der Waals surface area contributed by atoms with E-state index in [1.807, 2.05) is 32.0 Å². The van der Waals surface area contributed by atoms with Crippen LogP contribution in [-0.4, -0.2) is 33.5 Å². The van der Waals surface area contributed by atoms with Gasteiger partial charge < -0.3 is 19.5 Å². The Kier molecular flexibility index (Phi) is 5.63. The van der Waals surface area contributed by atoms with Gasteiger partial charge in [0.05, 0.1) is 32.6 Å². The number of anilines is 1. The lowest BCUT2D eigenvalue weighted by molar-refractivity contribution is 0.0870. The van der Waals surface area contributed by atoms with E-state index in [1.165, 1.54) is 0 Å². The number of benzene rings is 1. The molecule has 0 heterocycles. The summed E-state index contributed by atoms with van der Waals surface area (Å²) in [5.74, 6) is 1.61. The molecule has 0 aliphatic rings. The molecule has 4 nitrogen and oxygen atoms in total. The Hall–Kier alpha value is -1.42. The predicted octanol–water partition coefficient (Wildman–Crippen LogP) is 2.54. The molecule has 1 rings (SSSR count). The van der Waals surface area contributed by atoms with Gasteiger partial charge >= 0.3 is 0 Å². The highest BCUT2D eigenvalue weighted by Crippen LogP contribution is 2.28. The molecule has 0 saturated heterocycles. The molecule has 0 amide bonds. The highest BCUT2D eigenvalue weighted by molar-refractivity contribution is 5.59. The fraction of sp³-hybridized carbons (Fsp3) is 0.538. The Bertz CT molecular complexity index is 339. The number of ether oxygens (including phenoxy) is 3. The van der Waals surface area contributed by atoms with Gasteiger partial charge in [-0.05, 0) is 26.0 Å². The number of methoxy groups -OCH3 is 2. The predicted molar refractivity (Wildman–Crippen MR) is 69.1 cm³/mol. The summed E-state index contributed by atoms with van der Waals surface area (Å²) < 4.78 is 15.9. The largest absolute Gasteiger partial charge is 0.497 e. The zero-order valence-corrected chi connectivity index (χ0v) is 10.9. The zero-order valence-electron chi connectivity index (χ0n) is 10.9. The Morgan fingerprint density at radius 1 is 1.18 bits per heavy atom. The van der Waals surface area contributed by atoms with E-state index in [-0.39, 0.29) is 6.10 Å². The lowest BCUT2D eigenvalue weighted by Crippen LogP contribution is -2.13. The van der Waals surface area contributed by atoms with Crippen LogP contribution in [0.2, 0.25) is 0 Å². The molecule has 1 aromatic carbocycles. The SMILES string of the molecule is COc1ccc(OC)c(NCCOC(C)C)c1. The van der Waals surface area contributed by atoms with Crippen LogP contribution in [0.25, 0.3) is 0 Å². The average molecular weight is 239 g/mol. The first-order chi connectivity index (χ1) is 8.17. The molecule has 0 unspecified atom stereocenters. The van der Waals surface area contributed by atoms with Gasteiger partial charge in [0.2, 0.25) is 0 Å². The van der Waals surface area contributed by atoms with Crippen LogP contribution >= 0.6 is 0 Å². The summed E-state index contributed by atoms with van der Waals surface area (Å²) in [4.78, 5) is 0. The molecule has 0 bridgehead atoms. The second-order valence-electron chi connectivity index (χ2n) is 3.91. The van der Waals surface area contributed by atoms with E-state index in [0.29, 0.717) is 6.61 Å². The van der Waals surface area contributed by atoms with Gasteiger partial charge in [0.25, 0.3) is 0 Å². The van der Waals surface area contributed by atoms with Gasteiger partial charge in [-0.15, -0.1) is 0 Å². The Morgan fingerprint density at radius 2 is 1.94 bits per heavy atom. The Morgan fingerprint density at radius 3 is 2.53 bits per heavy atom. The van der Waals surface area contributed by atoms with Crippen molar-refractivity contribution in [1.29, 1.82) is 0 Å². The molecule has 1 N–H and O–H groups in total. The monoisotopic (exact) mass is 239 g/mol. The topological polar surface area (TPSA) is 39.7 Å². The van der Waals surface area contributed by atoms with Crippen LogP contribution in [-0.2, 0) is 4.74 Å². The quantitative estimate of drug-likeness (QED) is 0.742. The molecule has 0 atom stereocenters. The number of hydrogen-bond acceptors (Lipinski definition) is 4. The van der Waals surface area contributed by atoms with Gasteiger partial charge in [0.15, 0.2) is 0 Å². The normalized spacial score (nSPS) is 10.4. The lowest BCUT2D eigenvalue weighted by Gasteiger charge is -2.13. The minimum atomic E-state index is 0.254. The molecule has 0 fully saturated rings. The van der Waals surface area contributed by atoms with E-state index in [0.717, 1.165) is 23.7 Å². The molecule has 0 aliphatic heterocycles. The Labute approximate surface area is 103 Å². The van der Waals surface area contributed by atoms with Gasteiger partial charge in [-0.3, -0.25) is 0 Å². The number of hydrogen-bond donors (Lipinski definition) is 1. The smallest absolute Gasteiger partial charge is 0.142 e. The fourth-order valence-electron chi connectivity index (χ4n) is 1.43. The van der Waals surface area contributed by atoms with Crippen LogP contribution in [0.1, 0.15) is 13.8 Å². The Balaban J connectivity index is 2.55. The maximum atomic E-state index is 5.46. The lowest BCUT2D eigenvalue weighted by atomic mass is 10.2. The van der Waals surface area contributed by atoms with Crippen LogP contribution < -0.4 is 14.8 Å². The number of rotatable bonds is 7. The summed E-state index contributed by atoms with van der Waals surface area (Å²) in [7, 11) is 3.30. The maximum absolute atomic E-state index is 5.46. The highest BCUT2D eigenvalue weighted by Gasteiger charge is 2.04. The molecule has 0 saturated carbocycles.